The summed E-state index contributed by atoms with van der Waals surface area (Å²) < 4.78 is 6.20. The minimum absolute atomic E-state index is 0.0615. The first-order valence-corrected chi connectivity index (χ1v) is 8.34. The van der Waals surface area contributed by atoms with E-state index in [4.69, 9.17) is 4.74 Å². The molecule has 3 aromatic rings. The van der Waals surface area contributed by atoms with Crippen LogP contribution in [0, 0.1) is 0 Å². The molecule has 0 spiro atoms. The fourth-order valence-corrected chi connectivity index (χ4v) is 2.63. The Morgan fingerprint density at radius 3 is 1.96 bits per heavy atom. The molecule has 0 fully saturated rings. The summed E-state index contributed by atoms with van der Waals surface area (Å²) in [5.74, 6) is 0. The summed E-state index contributed by atoms with van der Waals surface area (Å²) in [6.07, 6.45) is 5.26. The first kappa shape index (κ1) is 16.2. The van der Waals surface area contributed by atoms with E-state index < -0.39 is 0 Å². The Bertz CT molecular complexity index is 733. The lowest BCUT2D eigenvalue weighted by Gasteiger charge is -2.17. The van der Waals surface area contributed by atoms with E-state index in [1.807, 2.05) is 30.3 Å². The first-order valence-electron chi connectivity index (χ1n) is 8.34. The molecule has 0 aromatic heterocycles. The van der Waals surface area contributed by atoms with Crippen molar-refractivity contribution < 1.29 is 4.74 Å². The number of hydrogen-bond donors (Lipinski definition) is 0. The van der Waals surface area contributed by atoms with Gasteiger partial charge in [0, 0.05) is 0 Å². The van der Waals surface area contributed by atoms with Gasteiger partial charge in [0.05, 0.1) is 12.7 Å². The van der Waals surface area contributed by atoms with E-state index in [1.165, 1.54) is 16.7 Å². The fraction of sp³-hybridized carbons (Fsp3) is 0.130. The van der Waals surface area contributed by atoms with Gasteiger partial charge in [-0.15, -0.1) is 0 Å². The Morgan fingerprint density at radius 1 is 0.708 bits per heavy atom. The molecule has 0 aliphatic carbocycles. The van der Waals surface area contributed by atoms with Crippen LogP contribution in [0.5, 0.6) is 0 Å². The van der Waals surface area contributed by atoms with Crippen LogP contribution in [-0.4, -0.2) is 0 Å². The predicted octanol–water partition coefficient (Wildman–Crippen LogP) is 6.05. The van der Waals surface area contributed by atoms with E-state index in [0.29, 0.717) is 6.61 Å². The third-order valence-corrected chi connectivity index (χ3v) is 3.93. The SMILES string of the molecule is C(=C/c1ccccc1)/C[C@H](OCc1ccccc1)c1ccccc1. The standard InChI is InChI=1S/C23H22O/c1-4-11-20(12-5-1)15-10-18-23(22-16-8-3-9-17-22)24-19-21-13-6-2-7-14-21/h1-17,23H,18-19H2/b15-10-/t23-/m0/s1. The van der Waals surface area contributed by atoms with Crippen LogP contribution in [0.2, 0.25) is 0 Å². The van der Waals surface area contributed by atoms with Gasteiger partial charge in [-0.2, -0.15) is 0 Å². The van der Waals surface area contributed by atoms with Gasteiger partial charge in [-0.1, -0.05) is 103 Å². The summed E-state index contributed by atoms with van der Waals surface area (Å²) in [5, 5.41) is 0. The topological polar surface area (TPSA) is 9.23 Å². The average molecular weight is 314 g/mol. The molecule has 0 heterocycles. The van der Waals surface area contributed by atoms with E-state index in [2.05, 4.69) is 72.8 Å². The Hall–Kier alpha value is -2.64. The molecule has 0 unspecified atom stereocenters. The number of ether oxygens (including phenoxy) is 1. The highest BCUT2D eigenvalue weighted by Crippen LogP contribution is 2.23. The van der Waals surface area contributed by atoms with Gasteiger partial charge in [0.15, 0.2) is 0 Å². The van der Waals surface area contributed by atoms with E-state index in [-0.39, 0.29) is 6.10 Å². The molecule has 0 saturated heterocycles. The average Bonchev–Trinajstić information content (AvgIpc) is 2.67. The van der Waals surface area contributed by atoms with Crippen molar-refractivity contribution >= 4 is 6.08 Å². The molecule has 3 aromatic carbocycles. The van der Waals surface area contributed by atoms with Crippen molar-refractivity contribution in [1.82, 2.24) is 0 Å². The second-order valence-electron chi connectivity index (χ2n) is 5.74. The van der Waals surface area contributed by atoms with Crippen LogP contribution in [0.25, 0.3) is 6.08 Å². The Morgan fingerprint density at radius 2 is 1.29 bits per heavy atom. The molecule has 0 aliphatic rings. The van der Waals surface area contributed by atoms with Gasteiger partial charge in [0.1, 0.15) is 0 Å². The van der Waals surface area contributed by atoms with Crippen LogP contribution >= 0.6 is 0 Å². The normalized spacial score (nSPS) is 12.3. The van der Waals surface area contributed by atoms with Crippen LogP contribution in [0.1, 0.15) is 29.2 Å². The summed E-state index contributed by atoms with van der Waals surface area (Å²) >= 11 is 0. The highest BCUT2D eigenvalue weighted by atomic mass is 16.5. The minimum Gasteiger partial charge on any atom is -0.369 e. The third kappa shape index (κ3) is 4.94. The van der Waals surface area contributed by atoms with Crippen LogP contribution in [0.4, 0.5) is 0 Å². The molecule has 1 nitrogen and oxygen atoms in total. The zero-order valence-corrected chi connectivity index (χ0v) is 13.7. The Labute approximate surface area is 144 Å². The molecule has 1 heteroatoms. The quantitative estimate of drug-likeness (QED) is 0.516. The number of rotatable bonds is 7. The highest BCUT2D eigenvalue weighted by Gasteiger charge is 2.10. The molecular formula is C23H22O. The molecule has 24 heavy (non-hydrogen) atoms. The molecule has 3 rings (SSSR count). The van der Waals surface area contributed by atoms with E-state index in [1.54, 1.807) is 0 Å². The molecule has 0 N–H and O–H groups in total. The molecule has 1 atom stereocenters. The first-order chi connectivity index (χ1) is 11.9. The molecular weight excluding hydrogens is 292 g/mol. The van der Waals surface area contributed by atoms with E-state index >= 15 is 0 Å². The Balaban J connectivity index is 1.67. The molecule has 0 aliphatic heterocycles. The predicted molar refractivity (Wildman–Crippen MR) is 101 cm³/mol. The van der Waals surface area contributed by atoms with Crippen molar-refractivity contribution in [3.05, 3.63) is 114 Å². The van der Waals surface area contributed by atoms with Crippen LogP contribution in [0.15, 0.2) is 97.1 Å². The van der Waals surface area contributed by atoms with Gasteiger partial charge in [-0.25, -0.2) is 0 Å². The molecule has 0 saturated carbocycles. The summed E-state index contributed by atoms with van der Waals surface area (Å²) in [5.41, 5.74) is 3.63. The molecule has 120 valence electrons. The maximum Gasteiger partial charge on any atom is 0.0864 e. The summed E-state index contributed by atoms with van der Waals surface area (Å²) in [6, 6.07) is 31.1. The summed E-state index contributed by atoms with van der Waals surface area (Å²) in [4.78, 5) is 0. The molecule has 0 amide bonds. The monoisotopic (exact) mass is 314 g/mol. The van der Waals surface area contributed by atoms with Crippen molar-refractivity contribution in [3.8, 4) is 0 Å². The van der Waals surface area contributed by atoms with Gasteiger partial charge in [-0.05, 0) is 23.1 Å². The van der Waals surface area contributed by atoms with Crippen molar-refractivity contribution in [3.63, 3.8) is 0 Å². The maximum absolute atomic E-state index is 6.20. The van der Waals surface area contributed by atoms with Gasteiger partial charge < -0.3 is 4.74 Å². The maximum atomic E-state index is 6.20. The van der Waals surface area contributed by atoms with Crippen LogP contribution < -0.4 is 0 Å². The van der Waals surface area contributed by atoms with Gasteiger partial charge in [0.2, 0.25) is 0 Å². The lowest BCUT2D eigenvalue weighted by Crippen LogP contribution is -2.03. The fourth-order valence-electron chi connectivity index (χ4n) is 2.63. The highest BCUT2D eigenvalue weighted by molar-refractivity contribution is 5.48. The minimum atomic E-state index is 0.0615. The van der Waals surface area contributed by atoms with Crippen molar-refractivity contribution in [2.75, 3.05) is 0 Å². The lowest BCUT2D eigenvalue weighted by atomic mass is 10.1. The van der Waals surface area contributed by atoms with Gasteiger partial charge in [-0.3, -0.25) is 0 Å². The van der Waals surface area contributed by atoms with Crippen LogP contribution in [-0.2, 0) is 11.3 Å². The summed E-state index contributed by atoms with van der Waals surface area (Å²) in [7, 11) is 0. The van der Waals surface area contributed by atoms with Crippen molar-refractivity contribution in [2.24, 2.45) is 0 Å². The molecule has 0 radical (unpaired) electrons. The Kier molecular flexibility index (Phi) is 5.99. The van der Waals surface area contributed by atoms with E-state index in [0.717, 1.165) is 6.42 Å². The summed E-state index contributed by atoms with van der Waals surface area (Å²) in [6.45, 7) is 0.625. The number of benzene rings is 3. The second kappa shape index (κ2) is 8.85. The molecule has 0 bridgehead atoms. The van der Waals surface area contributed by atoms with Crippen molar-refractivity contribution in [1.29, 1.82) is 0 Å². The van der Waals surface area contributed by atoms with Crippen LogP contribution in [0.3, 0.4) is 0 Å². The zero-order valence-electron chi connectivity index (χ0n) is 13.7. The van der Waals surface area contributed by atoms with Gasteiger partial charge >= 0.3 is 0 Å². The zero-order chi connectivity index (χ0) is 16.5. The van der Waals surface area contributed by atoms with E-state index in [9.17, 15) is 0 Å². The van der Waals surface area contributed by atoms with Crippen molar-refractivity contribution in [2.45, 2.75) is 19.1 Å². The third-order valence-electron chi connectivity index (χ3n) is 3.93. The lowest BCUT2D eigenvalue weighted by molar-refractivity contribution is 0.0418. The largest absolute Gasteiger partial charge is 0.369 e. The number of hydrogen-bond acceptors (Lipinski definition) is 1. The second-order valence-corrected chi connectivity index (χ2v) is 5.74. The smallest absolute Gasteiger partial charge is 0.0864 e. The van der Waals surface area contributed by atoms with Gasteiger partial charge in [0.25, 0.3) is 0 Å².